The van der Waals surface area contributed by atoms with Gasteiger partial charge in [-0.1, -0.05) is 32.9 Å². The van der Waals surface area contributed by atoms with Crippen LogP contribution in [0.4, 0.5) is 5.69 Å². The summed E-state index contributed by atoms with van der Waals surface area (Å²) in [7, 11) is -0.428. The van der Waals surface area contributed by atoms with Gasteiger partial charge in [0, 0.05) is 12.1 Å². The molecule has 3 saturated carbocycles. The summed E-state index contributed by atoms with van der Waals surface area (Å²) in [6, 6.07) is 6.62. The van der Waals surface area contributed by atoms with Crippen molar-refractivity contribution in [1.29, 1.82) is 0 Å². The lowest BCUT2D eigenvalue weighted by atomic mass is 9.63. The first-order valence-electron chi connectivity index (χ1n) is 10.3. The fraction of sp³-hybridized carbons (Fsp3) is 0.714. The van der Waals surface area contributed by atoms with Crippen LogP contribution in [0.1, 0.15) is 53.4 Å². The Hall–Kier alpha value is -1.40. The van der Waals surface area contributed by atoms with Gasteiger partial charge in [-0.15, -0.1) is 0 Å². The van der Waals surface area contributed by atoms with Crippen molar-refractivity contribution in [3.05, 3.63) is 34.4 Å². The highest BCUT2D eigenvalue weighted by Gasteiger charge is 2.73. The maximum atomic E-state index is 10.9. The summed E-state index contributed by atoms with van der Waals surface area (Å²) in [5, 5.41) is 10.9. The molecule has 1 spiro atoms. The van der Waals surface area contributed by atoms with Crippen LogP contribution in [-0.4, -0.2) is 23.7 Å². The molecule has 4 aliphatic rings. The third-order valence-electron chi connectivity index (χ3n) is 8.87. The van der Waals surface area contributed by atoms with E-state index in [0.29, 0.717) is 11.3 Å². The van der Waals surface area contributed by atoms with Gasteiger partial charge < -0.3 is 9.31 Å². The minimum Gasteiger partial charge on any atom is -0.401 e. The van der Waals surface area contributed by atoms with Crippen molar-refractivity contribution >= 4 is 18.3 Å². The van der Waals surface area contributed by atoms with E-state index in [9.17, 15) is 10.1 Å². The predicted octanol–water partition coefficient (Wildman–Crippen LogP) is 3.95. The molecule has 1 saturated heterocycles. The molecule has 3 aliphatic carbocycles. The molecule has 4 fully saturated rings. The summed E-state index contributed by atoms with van der Waals surface area (Å²) in [4.78, 5) is 10.6. The summed E-state index contributed by atoms with van der Waals surface area (Å²) in [6.45, 7) is 9.56. The van der Waals surface area contributed by atoms with Crippen LogP contribution >= 0.6 is 0 Å². The van der Waals surface area contributed by atoms with E-state index in [1.54, 1.807) is 12.1 Å². The molecule has 6 heteroatoms. The first-order valence-corrected chi connectivity index (χ1v) is 10.3. The number of benzene rings is 1. The molecule has 0 amide bonds. The maximum Gasteiger partial charge on any atom is 0.494 e. The number of nitrogens with zero attached hydrogens (tertiary/aromatic N) is 1. The first-order chi connectivity index (χ1) is 12.7. The highest BCUT2D eigenvalue weighted by atomic mass is 16.7. The molecule has 5 rings (SSSR count). The van der Waals surface area contributed by atoms with E-state index in [4.69, 9.17) is 9.31 Å². The Morgan fingerprint density at radius 3 is 2.48 bits per heavy atom. The van der Waals surface area contributed by atoms with E-state index in [1.807, 2.05) is 0 Å². The van der Waals surface area contributed by atoms with Gasteiger partial charge in [-0.05, 0) is 66.7 Å². The number of hydrogen-bond donors (Lipinski definition) is 0. The fourth-order valence-electron chi connectivity index (χ4n) is 7.47. The molecule has 1 heterocycles. The topological polar surface area (TPSA) is 61.6 Å². The molecule has 0 unspecified atom stereocenters. The number of hydrogen-bond acceptors (Lipinski definition) is 4. The van der Waals surface area contributed by atoms with Crippen LogP contribution in [0, 0.1) is 38.7 Å². The van der Waals surface area contributed by atoms with Gasteiger partial charge in [-0.3, -0.25) is 10.1 Å². The van der Waals surface area contributed by atoms with Crippen LogP contribution < -0.4 is 5.46 Å². The molecular formula is C21H28BNO4. The largest absolute Gasteiger partial charge is 0.494 e. The third-order valence-corrected chi connectivity index (χ3v) is 8.87. The van der Waals surface area contributed by atoms with Crippen LogP contribution in [0.5, 0.6) is 0 Å². The molecule has 0 aromatic heterocycles. The smallest absolute Gasteiger partial charge is 0.401 e. The molecule has 2 bridgehead atoms. The Labute approximate surface area is 161 Å². The zero-order chi connectivity index (χ0) is 19.2. The SMILES string of the molecule is C[C@@H]1CC[C@@H]2C(C)(C)[C@H]3C[C@@]12C[C@@H]1OB(c2ccc([N+](=O)[O-])cc2)O[C@@]13C. The molecular weight excluding hydrogens is 341 g/mol. The van der Waals surface area contributed by atoms with Crippen molar-refractivity contribution in [3.63, 3.8) is 0 Å². The fourth-order valence-corrected chi connectivity index (χ4v) is 7.47. The van der Waals surface area contributed by atoms with Crippen LogP contribution in [0.2, 0.25) is 0 Å². The predicted molar refractivity (Wildman–Crippen MR) is 104 cm³/mol. The van der Waals surface area contributed by atoms with E-state index >= 15 is 0 Å². The molecule has 27 heavy (non-hydrogen) atoms. The van der Waals surface area contributed by atoms with E-state index in [2.05, 4.69) is 27.7 Å². The Balaban J connectivity index is 1.48. The number of nitro benzene ring substituents is 1. The Bertz CT molecular complexity index is 796. The van der Waals surface area contributed by atoms with Gasteiger partial charge in [0.05, 0.1) is 16.6 Å². The second kappa shape index (κ2) is 5.35. The van der Waals surface area contributed by atoms with Crippen LogP contribution in [0.3, 0.4) is 0 Å². The minimum absolute atomic E-state index is 0.0984. The molecule has 1 aromatic rings. The lowest BCUT2D eigenvalue weighted by Gasteiger charge is -2.48. The normalized spacial score (nSPS) is 44.2. The minimum atomic E-state index is -0.428. The van der Waals surface area contributed by atoms with Crippen molar-refractivity contribution in [3.8, 4) is 0 Å². The molecule has 0 N–H and O–H groups in total. The highest BCUT2D eigenvalue weighted by molar-refractivity contribution is 6.62. The average Bonchev–Trinajstić information content (AvgIpc) is 3.19. The second-order valence-electron chi connectivity index (χ2n) is 10.2. The third kappa shape index (κ3) is 2.14. The quantitative estimate of drug-likeness (QED) is 0.450. The van der Waals surface area contributed by atoms with Gasteiger partial charge in [-0.25, -0.2) is 0 Å². The van der Waals surface area contributed by atoms with Crippen molar-refractivity contribution in [2.75, 3.05) is 0 Å². The number of rotatable bonds is 2. The van der Waals surface area contributed by atoms with E-state index in [1.165, 1.54) is 31.4 Å². The standard InChI is InChI=1S/C21H28BNO4/c1-13-5-10-16-19(2,3)17-11-21(13,16)12-18-20(17,4)27-22(26-18)14-6-8-15(9-7-14)23(24)25/h6-9,13,16-18H,5,10-12H2,1-4H3/t13-,16-,17-,18+,20-,21-/m1/s1. The van der Waals surface area contributed by atoms with Gasteiger partial charge in [-0.2, -0.15) is 0 Å². The number of non-ortho nitro benzene ring substituents is 1. The van der Waals surface area contributed by atoms with E-state index in [0.717, 1.165) is 23.7 Å². The monoisotopic (exact) mass is 369 g/mol. The molecule has 0 radical (unpaired) electrons. The number of nitro groups is 1. The molecule has 1 aromatic carbocycles. The van der Waals surface area contributed by atoms with Crippen molar-refractivity contribution in [2.24, 2.45) is 28.6 Å². The van der Waals surface area contributed by atoms with Crippen molar-refractivity contribution in [1.82, 2.24) is 0 Å². The summed E-state index contributed by atoms with van der Waals surface area (Å²) >= 11 is 0. The Morgan fingerprint density at radius 2 is 1.81 bits per heavy atom. The highest BCUT2D eigenvalue weighted by Crippen LogP contribution is 2.74. The lowest BCUT2D eigenvalue weighted by molar-refractivity contribution is -0.384. The summed E-state index contributed by atoms with van der Waals surface area (Å²) in [5.41, 5.74) is 1.33. The molecule has 6 atom stereocenters. The molecule has 5 nitrogen and oxygen atoms in total. The van der Waals surface area contributed by atoms with E-state index < -0.39 is 7.12 Å². The molecule has 1 aliphatic heterocycles. The van der Waals surface area contributed by atoms with Gasteiger partial charge in [0.25, 0.3) is 5.69 Å². The lowest BCUT2D eigenvalue weighted by Crippen LogP contribution is -2.52. The molecule has 144 valence electrons. The van der Waals surface area contributed by atoms with Gasteiger partial charge in [0.2, 0.25) is 0 Å². The summed E-state index contributed by atoms with van der Waals surface area (Å²) in [6.07, 6.45) is 5.09. The van der Waals surface area contributed by atoms with Crippen LogP contribution in [-0.2, 0) is 9.31 Å². The van der Waals surface area contributed by atoms with Crippen LogP contribution in [0.15, 0.2) is 24.3 Å². The zero-order valence-corrected chi connectivity index (χ0v) is 16.6. The van der Waals surface area contributed by atoms with Crippen LogP contribution in [0.25, 0.3) is 0 Å². The average molecular weight is 369 g/mol. The summed E-state index contributed by atoms with van der Waals surface area (Å²) in [5.74, 6) is 2.00. The van der Waals surface area contributed by atoms with Gasteiger partial charge in [0.15, 0.2) is 0 Å². The van der Waals surface area contributed by atoms with E-state index in [-0.39, 0.29) is 27.7 Å². The first kappa shape index (κ1) is 17.7. The Kier molecular flexibility index (Phi) is 3.51. The Morgan fingerprint density at radius 1 is 1.11 bits per heavy atom. The maximum absolute atomic E-state index is 10.9. The summed E-state index contributed by atoms with van der Waals surface area (Å²) < 4.78 is 13.1. The van der Waals surface area contributed by atoms with Gasteiger partial charge >= 0.3 is 7.12 Å². The zero-order valence-electron chi connectivity index (χ0n) is 16.6. The van der Waals surface area contributed by atoms with Gasteiger partial charge in [0.1, 0.15) is 0 Å². The van der Waals surface area contributed by atoms with Crippen molar-refractivity contribution in [2.45, 2.75) is 65.1 Å². The second-order valence-corrected chi connectivity index (χ2v) is 10.2. The number of fused-ring (bicyclic) bond motifs is 3. The van der Waals surface area contributed by atoms with Crippen molar-refractivity contribution < 1.29 is 14.2 Å².